The number of aliphatic hydroxyl groups is 1. The van der Waals surface area contributed by atoms with Crippen LogP contribution in [0.15, 0.2) is 6.20 Å². The molecular weight excluding hydrogens is 207 g/mol. The van der Waals surface area contributed by atoms with Crippen LogP contribution >= 0.6 is 0 Å². The summed E-state index contributed by atoms with van der Waals surface area (Å²) in [4.78, 5) is 2.51. The molecule has 1 atom stereocenters. The Bertz CT molecular complexity index is 330. The number of H-pyrrole nitrogens is 1. The van der Waals surface area contributed by atoms with E-state index >= 15 is 0 Å². The van der Waals surface area contributed by atoms with Gasteiger partial charge in [-0.3, -0.25) is 0 Å². The van der Waals surface area contributed by atoms with E-state index in [4.69, 9.17) is 5.11 Å². The highest BCUT2D eigenvalue weighted by Crippen LogP contribution is 2.34. The molecule has 15 heavy (non-hydrogen) atoms. The maximum Gasteiger partial charge on any atom is 0.420 e. The molecule has 1 rings (SSSR count). The molecule has 0 aliphatic carbocycles. The first-order chi connectivity index (χ1) is 6.91. The lowest BCUT2D eigenvalue weighted by Gasteiger charge is -2.15. The molecule has 1 unspecified atom stereocenters. The highest BCUT2D eigenvalue weighted by atomic mass is 19.4. The molecule has 5 heteroatoms. The van der Waals surface area contributed by atoms with E-state index in [-0.39, 0.29) is 5.69 Å². The second-order valence-corrected chi connectivity index (χ2v) is 3.36. The Balaban J connectivity index is 3.09. The standard InChI is InChI=1S/C10H14F3NO/c1-3-6-5-14-8(7(6)4-2)9(15)10(11,12)13/h5,9,14-15H,3-4H2,1-2H3. The molecule has 0 aromatic carbocycles. The van der Waals surface area contributed by atoms with E-state index in [1.165, 1.54) is 6.20 Å². The van der Waals surface area contributed by atoms with Gasteiger partial charge in [0.25, 0.3) is 0 Å². The minimum absolute atomic E-state index is 0.123. The Morgan fingerprint density at radius 3 is 2.33 bits per heavy atom. The lowest BCUT2D eigenvalue weighted by molar-refractivity contribution is -0.208. The zero-order valence-corrected chi connectivity index (χ0v) is 8.65. The molecule has 0 saturated carbocycles. The zero-order chi connectivity index (χ0) is 11.6. The maximum absolute atomic E-state index is 12.3. The molecular formula is C10H14F3NO. The van der Waals surface area contributed by atoms with Gasteiger partial charge in [-0.05, 0) is 24.0 Å². The second-order valence-electron chi connectivity index (χ2n) is 3.36. The molecule has 0 aliphatic rings. The van der Waals surface area contributed by atoms with Crippen LogP contribution in [-0.2, 0) is 12.8 Å². The van der Waals surface area contributed by atoms with Crippen molar-refractivity contribution in [2.75, 3.05) is 0 Å². The van der Waals surface area contributed by atoms with E-state index in [0.29, 0.717) is 18.4 Å². The molecule has 1 aromatic rings. The highest BCUT2D eigenvalue weighted by Gasteiger charge is 2.41. The van der Waals surface area contributed by atoms with Crippen molar-refractivity contribution in [3.63, 3.8) is 0 Å². The van der Waals surface area contributed by atoms with Crippen LogP contribution in [0.3, 0.4) is 0 Å². The number of nitrogens with one attached hydrogen (secondary N) is 1. The van der Waals surface area contributed by atoms with Crippen LogP contribution in [0.25, 0.3) is 0 Å². The van der Waals surface area contributed by atoms with Crippen molar-refractivity contribution in [2.24, 2.45) is 0 Å². The Kier molecular flexibility index (Phi) is 3.44. The first-order valence-corrected chi connectivity index (χ1v) is 4.85. The van der Waals surface area contributed by atoms with Gasteiger partial charge in [-0.15, -0.1) is 0 Å². The zero-order valence-electron chi connectivity index (χ0n) is 8.65. The lowest BCUT2D eigenvalue weighted by Crippen LogP contribution is -2.21. The van der Waals surface area contributed by atoms with Gasteiger partial charge < -0.3 is 10.1 Å². The summed E-state index contributed by atoms with van der Waals surface area (Å²) in [6.45, 7) is 3.64. The van der Waals surface area contributed by atoms with E-state index in [1.807, 2.05) is 6.92 Å². The predicted molar refractivity (Wildman–Crippen MR) is 50.6 cm³/mol. The normalized spacial score (nSPS) is 14.3. The fraction of sp³-hybridized carbons (Fsp3) is 0.600. The maximum atomic E-state index is 12.3. The predicted octanol–water partition coefficient (Wildman–Crippen LogP) is 2.74. The van der Waals surface area contributed by atoms with Crippen LogP contribution in [0.4, 0.5) is 13.2 Å². The summed E-state index contributed by atoms with van der Waals surface area (Å²) in [7, 11) is 0. The second kappa shape index (κ2) is 4.26. The van der Waals surface area contributed by atoms with E-state index in [2.05, 4.69) is 4.98 Å². The number of rotatable bonds is 3. The number of alkyl halides is 3. The van der Waals surface area contributed by atoms with Crippen molar-refractivity contribution in [3.05, 3.63) is 23.0 Å². The van der Waals surface area contributed by atoms with Crippen molar-refractivity contribution in [1.82, 2.24) is 4.98 Å². The van der Waals surface area contributed by atoms with Crippen molar-refractivity contribution in [2.45, 2.75) is 39.0 Å². The summed E-state index contributed by atoms with van der Waals surface area (Å²) in [5, 5.41) is 9.12. The van der Waals surface area contributed by atoms with Gasteiger partial charge >= 0.3 is 6.18 Å². The van der Waals surface area contributed by atoms with E-state index in [1.54, 1.807) is 6.92 Å². The molecule has 2 nitrogen and oxygen atoms in total. The summed E-state index contributed by atoms with van der Waals surface area (Å²) in [5.74, 6) is 0. The van der Waals surface area contributed by atoms with Crippen LogP contribution in [0, 0.1) is 0 Å². The monoisotopic (exact) mass is 221 g/mol. The molecule has 0 saturated heterocycles. The molecule has 0 bridgehead atoms. The third kappa shape index (κ3) is 2.34. The minimum atomic E-state index is -4.61. The third-order valence-corrected chi connectivity index (χ3v) is 2.43. The molecule has 0 amide bonds. The molecule has 0 radical (unpaired) electrons. The summed E-state index contributed by atoms with van der Waals surface area (Å²) in [6.07, 6.45) is -4.35. The molecule has 0 spiro atoms. The largest absolute Gasteiger partial charge is 0.420 e. The van der Waals surface area contributed by atoms with Gasteiger partial charge in [0.1, 0.15) is 0 Å². The first-order valence-electron chi connectivity index (χ1n) is 4.85. The van der Waals surface area contributed by atoms with E-state index < -0.39 is 12.3 Å². The van der Waals surface area contributed by atoms with E-state index in [0.717, 1.165) is 5.56 Å². The van der Waals surface area contributed by atoms with Crippen LogP contribution in [-0.4, -0.2) is 16.3 Å². The number of aromatic nitrogens is 1. The third-order valence-electron chi connectivity index (χ3n) is 2.43. The van der Waals surface area contributed by atoms with Crippen molar-refractivity contribution in [1.29, 1.82) is 0 Å². The molecule has 1 aromatic heterocycles. The molecule has 1 heterocycles. The van der Waals surface area contributed by atoms with Gasteiger partial charge in [-0.2, -0.15) is 13.2 Å². The van der Waals surface area contributed by atoms with Crippen LogP contribution in [0.5, 0.6) is 0 Å². The minimum Gasteiger partial charge on any atom is -0.378 e. The lowest BCUT2D eigenvalue weighted by atomic mass is 10.0. The number of aryl methyl sites for hydroxylation is 1. The molecule has 2 N–H and O–H groups in total. The fourth-order valence-electron chi connectivity index (χ4n) is 1.65. The van der Waals surface area contributed by atoms with Gasteiger partial charge in [0.15, 0.2) is 6.10 Å². The highest BCUT2D eigenvalue weighted by molar-refractivity contribution is 5.33. The SMILES string of the molecule is CCc1c[nH]c(C(O)C(F)(F)F)c1CC. The Labute approximate surface area is 86.1 Å². The number of aromatic amines is 1. The topological polar surface area (TPSA) is 36.0 Å². The average molecular weight is 221 g/mol. The average Bonchev–Trinajstić information content (AvgIpc) is 2.57. The summed E-state index contributed by atoms with van der Waals surface area (Å²) >= 11 is 0. The Hall–Kier alpha value is -0.970. The van der Waals surface area contributed by atoms with E-state index in [9.17, 15) is 13.2 Å². The summed E-state index contributed by atoms with van der Waals surface area (Å²) in [5.41, 5.74) is 1.28. The Morgan fingerprint density at radius 1 is 1.33 bits per heavy atom. The van der Waals surface area contributed by atoms with Gasteiger partial charge in [0.2, 0.25) is 0 Å². The number of hydrogen-bond donors (Lipinski definition) is 2. The first kappa shape index (κ1) is 12.1. The quantitative estimate of drug-likeness (QED) is 0.808. The van der Waals surface area contributed by atoms with Crippen LogP contribution < -0.4 is 0 Å². The number of halogens is 3. The van der Waals surface area contributed by atoms with Crippen LogP contribution in [0.2, 0.25) is 0 Å². The number of aliphatic hydroxyl groups excluding tert-OH is 1. The Morgan fingerprint density at radius 2 is 1.93 bits per heavy atom. The van der Waals surface area contributed by atoms with Gasteiger partial charge in [-0.1, -0.05) is 13.8 Å². The molecule has 86 valence electrons. The fourth-order valence-corrected chi connectivity index (χ4v) is 1.65. The van der Waals surface area contributed by atoms with Crippen molar-refractivity contribution < 1.29 is 18.3 Å². The number of hydrogen-bond acceptors (Lipinski definition) is 1. The van der Waals surface area contributed by atoms with Gasteiger partial charge in [-0.25, -0.2) is 0 Å². The molecule has 0 fully saturated rings. The molecule has 0 aliphatic heterocycles. The summed E-state index contributed by atoms with van der Waals surface area (Å²) < 4.78 is 36.9. The van der Waals surface area contributed by atoms with Crippen molar-refractivity contribution >= 4 is 0 Å². The van der Waals surface area contributed by atoms with Crippen molar-refractivity contribution in [3.8, 4) is 0 Å². The smallest absolute Gasteiger partial charge is 0.378 e. The van der Waals surface area contributed by atoms with Gasteiger partial charge in [0.05, 0.1) is 5.69 Å². The van der Waals surface area contributed by atoms with Gasteiger partial charge in [0, 0.05) is 6.20 Å². The van der Waals surface area contributed by atoms with Crippen LogP contribution in [0.1, 0.15) is 36.8 Å². The summed E-state index contributed by atoms with van der Waals surface area (Å²) in [6, 6.07) is 0.